The van der Waals surface area contributed by atoms with E-state index >= 15 is 0 Å². The molecule has 1 fully saturated rings. The van der Waals surface area contributed by atoms with Gasteiger partial charge < -0.3 is 19.3 Å². The maximum atomic E-state index is 5.91. The number of nitrogens with zero attached hydrogens (tertiary/aromatic N) is 5. The van der Waals surface area contributed by atoms with Crippen LogP contribution in [0.3, 0.4) is 0 Å². The number of aromatic nitrogens is 2. The lowest BCUT2D eigenvalue weighted by Crippen LogP contribution is -2.45. The molecule has 0 unspecified atom stereocenters. The van der Waals surface area contributed by atoms with Gasteiger partial charge >= 0.3 is 0 Å². The summed E-state index contributed by atoms with van der Waals surface area (Å²) in [6.45, 7) is 12.5. The summed E-state index contributed by atoms with van der Waals surface area (Å²) < 4.78 is 11.7. The molecule has 0 aliphatic carbocycles. The summed E-state index contributed by atoms with van der Waals surface area (Å²) in [7, 11) is 2.20. The second-order valence-electron chi connectivity index (χ2n) is 11.1. The molecule has 0 atom stereocenters. The first-order valence-electron chi connectivity index (χ1n) is 15.1. The predicted molar refractivity (Wildman–Crippen MR) is 162 cm³/mol. The van der Waals surface area contributed by atoms with Crippen molar-refractivity contribution in [1.82, 2.24) is 20.0 Å². The predicted octanol–water partition coefficient (Wildman–Crippen LogP) is 5.81. The molecule has 3 heterocycles. The zero-order chi connectivity index (χ0) is 27.7. The summed E-state index contributed by atoms with van der Waals surface area (Å²) in [5.74, 6) is 2.78. The van der Waals surface area contributed by atoms with E-state index in [9.17, 15) is 0 Å². The fraction of sp³-hybridized carbons (Fsp3) is 0.515. The van der Waals surface area contributed by atoms with Gasteiger partial charge in [0.15, 0.2) is 17.3 Å². The summed E-state index contributed by atoms with van der Waals surface area (Å²) in [5, 5.41) is 9.87. The van der Waals surface area contributed by atoms with E-state index in [1.165, 1.54) is 16.7 Å². The second-order valence-corrected chi connectivity index (χ2v) is 11.1. The Bertz CT molecular complexity index is 1230. The quantitative estimate of drug-likeness (QED) is 0.286. The van der Waals surface area contributed by atoms with E-state index in [0.717, 1.165) is 106 Å². The van der Waals surface area contributed by atoms with Crippen LogP contribution >= 0.6 is 0 Å². The van der Waals surface area contributed by atoms with Crippen molar-refractivity contribution in [3.63, 3.8) is 0 Å². The van der Waals surface area contributed by atoms with Crippen LogP contribution in [0.25, 0.3) is 11.3 Å². The minimum absolute atomic E-state index is 0.607. The number of hydrogen-bond donors (Lipinski definition) is 0. The third-order valence-corrected chi connectivity index (χ3v) is 8.02. The highest BCUT2D eigenvalue weighted by Gasteiger charge is 2.25. The lowest BCUT2D eigenvalue weighted by Gasteiger charge is -2.35. The van der Waals surface area contributed by atoms with Gasteiger partial charge in [-0.15, -0.1) is 10.2 Å². The lowest BCUT2D eigenvalue weighted by atomic mass is 9.96. The maximum absolute atomic E-state index is 5.91. The van der Waals surface area contributed by atoms with Crippen molar-refractivity contribution >= 4 is 5.82 Å². The zero-order valence-electron chi connectivity index (χ0n) is 24.6. The smallest absolute Gasteiger partial charge is 0.161 e. The van der Waals surface area contributed by atoms with Gasteiger partial charge in [0, 0.05) is 50.4 Å². The molecule has 2 aliphatic heterocycles. The summed E-state index contributed by atoms with van der Waals surface area (Å²) in [6.07, 6.45) is 5.62. The Hall–Kier alpha value is -3.16. The molecule has 0 radical (unpaired) electrons. The third-order valence-electron chi connectivity index (χ3n) is 8.02. The van der Waals surface area contributed by atoms with E-state index in [1.807, 2.05) is 0 Å². The number of ether oxygens (including phenoxy) is 2. The van der Waals surface area contributed by atoms with Gasteiger partial charge in [-0.3, -0.25) is 4.90 Å². The molecule has 0 spiro atoms. The molecule has 7 nitrogen and oxygen atoms in total. The summed E-state index contributed by atoms with van der Waals surface area (Å²) in [4.78, 5) is 7.46. The Kier molecular flexibility index (Phi) is 9.90. The lowest BCUT2D eigenvalue weighted by molar-refractivity contribution is 0.171. The first-order valence-corrected chi connectivity index (χ1v) is 15.1. The van der Waals surface area contributed by atoms with Crippen molar-refractivity contribution in [3.05, 3.63) is 65.2 Å². The number of fused-ring (bicyclic) bond motifs is 1. The molecule has 2 aliphatic rings. The molecule has 214 valence electrons. The van der Waals surface area contributed by atoms with Gasteiger partial charge in [-0.05, 0) is 56.1 Å². The highest BCUT2D eigenvalue weighted by atomic mass is 16.6. The molecule has 1 aromatic heterocycles. The Labute approximate surface area is 240 Å². The summed E-state index contributed by atoms with van der Waals surface area (Å²) >= 11 is 0. The third kappa shape index (κ3) is 6.94. The zero-order valence-corrected chi connectivity index (χ0v) is 24.6. The Morgan fingerprint density at radius 2 is 1.55 bits per heavy atom. The van der Waals surface area contributed by atoms with Gasteiger partial charge in [-0.1, -0.05) is 63.1 Å². The van der Waals surface area contributed by atoms with Crippen molar-refractivity contribution in [3.8, 4) is 22.8 Å². The van der Waals surface area contributed by atoms with Crippen molar-refractivity contribution in [2.24, 2.45) is 0 Å². The van der Waals surface area contributed by atoms with Gasteiger partial charge in [0.1, 0.15) is 13.2 Å². The first kappa shape index (κ1) is 28.4. The number of anilines is 1. The number of hydrogen-bond acceptors (Lipinski definition) is 7. The number of likely N-dealkylation sites (N-methyl/N-ethyl adjacent to an activating group) is 1. The largest absolute Gasteiger partial charge is 0.486 e. The molecule has 1 saturated heterocycles. The average molecular weight is 544 g/mol. The highest BCUT2D eigenvalue weighted by Crippen LogP contribution is 2.34. The van der Waals surface area contributed by atoms with Crippen LogP contribution in [0.5, 0.6) is 11.5 Å². The molecule has 40 heavy (non-hydrogen) atoms. The van der Waals surface area contributed by atoms with Gasteiger partial charge in [-0.2, -0.15) is 0 Å². The Morgan fingerprint density at radius 1 is 0.800 bits per heavy atom. The summed E-state index contributed by atoms with van der Waals surface area (Å²) in [6, 6.07) is 17.0. The van der Waals surface area contributed by atoms with Crippen LogP contribution in [0.15, 0.2) is 48.5 Å². The first-order chi connectivity index (χ1) is 19.7. The highest BCUT2D eigenvalue weighted by molar-refractivity contribution is 5.67. The van der Waals surface area contributed by atoms with Gasteiger partial charge in [-0.25, -0.2) is 0 Å². The molecule has 3 aromatic rings. The van der Waals surface area contributed by atoms with Gasteiger partial charge in [0.25, 0.3) is 0 Å². The van der Waals surface area contributed by atoms with Crippen LogP contribution in [0.2, 0.25) is 0 Å². The van der Waals surface area contributed by atoms with E-state index in [2.05, 4.69) is 84.1 Å². The van der Waals surface area contributed by atoms with Crippen LogP contribution < -0.4 is 14.4 Å². The van der Waals surface area contributed by atoms with Crippen LogP contribution in [0.4, 0.5) is 5.82 Å². The maximum Gasteiger partial charge on any atom is 0.161 e. The van der Waals surface area contributed by atoms with Crippen LogP contribution in [-0.4, -0.2) is 73.0 Å². The van der Waals surface area contributed by atoms with Crippen molar-refractivity contribution < 1.29 is 9.47 Å². The molecule has 0 amide bonds. The topological polar surface area (TPSA) is 54.0 Å². The molecule has 7 heteroatoms. The van der Waals surface area contributed by atoms with E-state index in [0.29, 0.717) is 13.2 Å². The molecule has 0 saturated carbocycles. The standard InChI is InChI=1S/C33H45N5O2/c1-4-6-13-28-29(25-37(16-7-5-2)24-26-14-15-30-31(23-26)40-22-21-39-30)33(38-19-17-36(3)18-20-38)35-34-32(28)27-11-9-8-10-12-27/h8-12,14-15,23H,4-7,13,16-22,24-25H2,1-3H3. The number of unbranched alkanes of at least 4 members (excludes halogenated alkanes) is 2. The fourth-order valence-electron chi connectivity index (χ4n) is 5.65. The molecule has 0 N–H and O–H groups in total. The Balaban J connectivity index is 1.53. The monoisotopic (exact) mass is 543 g/mol. The normalized spacial score (nSPS) is 15.6. The molecule has 5 rings (SSSR count). The van der Waals surface area contributed by atoms with Crippen LogP contribution in [-0.2, 0) is 19.5 Å². The number of benzene rings is 2. The minimum atomic E-state index is 0.607. The van der Waals surface area contributed by atoms with E-state index < -0.39 is 0 Å². The van der Waals surface area contributed by atoms with E-state index in [1.54, 1.807) is 0 Å². The van der Waals surface area contributed by atoms with Crippen molar-refractivity contribution in [1.29, 1.82) is 0 Å². The number of piperazine rings is 1. The van der Waals surface area contributed by atoms with Gasteiger partial charge in [0.05, 0.1) is 5.69 Å². The SMILES string of the molecule is CCCCc1c(-c2ccccc2)nnc(N2CCN(C)CC2)c1CN(CCCC)Cc1ccc2c(c1)OCCO2. The van der Waals surface area contributed by atoms with E-state index in [4.69, 9.17) is 19.7 Å². The van der Waals surface area contributed by atoms with Crippen LogP contribution in [0.1, 0.15) is 56.2 Å². The van der Waals surface area contributed by atoms with E-state index in [-0.39, 0.29) is 0 Å². The van der Waals surface area contributed by atoms with Gasteiger partial charge in [0.2, 0.25) is 0 Å². The Morgan fingerprint density at radius 3 is 2.30 bits per heavy atom. The molecule has 0 bridgehead atoms. The molecular weight excluding hydrogens is 498 g/mol. The molecular formula is C33H45N5O2. The average Bonchev–Trinajstić information content (AvgIpc) is 3.00. The number of rotatable bonds is 12. The second kappa shape index (κ2) is 14.0. The van der Waals surface area contributed by atoms with Crippen molar-refractivity contribution in [2.45, 2.75) is 59.0 Å². The fourth-order valence-corrected chi connectivity index (χ4v) is 5.65. The molecule has 2 aromatic carbocycles. The van der Waals surface area contributed by atoms with Crippen LogP contribution in [0, 0.1) is 0 Å². The minimum Gasteiger partial charge on any atom is -0.486 e. The summed E-state index contributed by atoms with van der Waals surface area (Å²) in [5.41, 5.74) is 6.15. The van der Waals surface area contributed by atoms with Crippen molar-refractivity contribution in [2.75, 3.05) is 57.9 Å².